The number of halogens is 3. The van der Waals surface area contributed by atoms with E-state index in [0.29, 0.717) is 16.9 Å². The summed E-state index contributed by atoms with van der Waals surface area (Å²) < 4.78 is 39.0. The van der Waals surface area contributed by atoms with Gasteiger partial charge < -0.3 is 0 Å². The van der Waals surface area contributed by atoms with Crippen LogP contribution in [0.1, 0.15) is 5.69 Å². The van der Waals surface area contributed by atoms with Crippen LogP contribution in [0.4, 0.5) is 13.2 Å². The number of aromatic nitrogens is 4. The van der Waals surface area contributed by atoms with Gasteiger partial charge in [0.25, 0.3) is 0 Å². The molecule has 3 heterocycles. The van der Waals surface area contributed by atoms with Crippen LogP contribution in [-0.2, 0) is 6.18 Å². The first-order valence-corrected chi connectivity index (χ1v) is 5.36. The molecule has 0 bridgehead atoms. The quantitative estimate of drug-likeness (QED) is 0.678. The van der Waals surface area contributed by atoms with E-state index in [2.05, 4.69) is 15.0 Å². The van der Waals surface area contributed by atoms with Gasteiger partial charge in [0.1, 0.15) is 5.69 Å². The molecule has 0 radical (unpaired) electrons. The number of nitrogens with zero attached hydrogens (tertiary/aromatic N) is 4. The van der Waals surface area contributed by atoms with E-state index < -0.39 is 11.9 Å². The lowest BCUT2D eigenvalue weighted by atomic mass is 10.2. The van der Waals surface area contributed by atoms with Crippen molar-refractivity contribution in [2.24, 2.45) is 0 Å². The van der Waals surface area contributed by atoms with Crippen LogP contribution in [0, 0.1) is 0 Å². The number of pyridine rings is 1. The molecule has 19 heavy (non-hydrogen) atoms. The molecule has 4 nitrogen and oxygen atoms in total. The largest absolute Gasteiger partial charge is 0.433 e. The molecule has 0 spiro atoms. The third-order valence-corrected chi connectivity index (χ3v) is 2.67. The molecule has 0 saturated heterocycles. The molecule has 7 heteroatoms. The number of rotatable bonds is 1. The van der Waals surface area contributed by atoms with Crippen LogP contribution in [0.15, 0.2) is 43.1 Å². The zero-order chi connectivity index (χ0) is 13.5. The summed E-state index contributed by atoms with van der Waals surface area (Å²) in [5.74, 6) is 0. The predicted molar refractivity (Wildman–Crippen MR) is 61.2 cm³/mol. The second-order valence-corrected chi connectivity index (χ2v) is 3.88. The normalized spacial score (nSPS) is 11.9. The summed E-state index contributed by atoms with van der Waals surface area (Å²) in [4.78, 5) is 11.5. The van der Waals surface area contributed by atoms with Gasteiger partial charge in [-0.05, 0) is 12.1 Å². The van der Waals surface area contributed by atoms with E-state index in [1.165, 1.54) is 12.3 Å². The summed E-state index contributed by atoms with van der Waals surface area (Å²) in [5, 5.41) is 0. The van der Waals surface area contributed by atoms with Crippen molar-refractivity contribution in [3.8, 4) is 11.3 Å². The molecule has 0 saturated carbocycles. The van der Waals surface area contributed by atoms with Gasteiger partial charge in [0.15, 0.2) is 5.65 Å². The zero-order valence-corrected chi connectivity index (χ0v) is 9.46. The first kappa shape index (κ1) is 11.6. The predicted octanol–water partition coefficient (Wildman–Crippen LogP) is 2.81. The number of imidazole rings is 1. The van der Waals surface area contributed by atoms with E-state index in [0.717, 1.165) is 6.07 Å². The maximum Gasteiger partial charge on any atom is 0.433 e. The average Bonchev–Trinajstić information content (AvgIpc) is 2.82. The molecule has 0 amide bonds. The SMILES string of the molecule is FC(F)(F)c1ccc(-c2cnc3cnccn23)cn1. The van der Waals surface area contributed by atoms with E-state index in [-0.39, 0.29) is 0 Å². The third-order valence-electron chi connectivity index (χ3n) is 2.67. The summed E-state index contributed by atoms with van der Waals surface area (Å²) in [6.07, 6.45) is 3.17. The summed E-state index contributed by atoms with van der Waals surface area (Å²) in [6, 6.07) is 2.33. The smallest absolute Gasteiger partial charge is 0.297 e. The Morgan fingerprint density at radius 2 is 1.84 bits per heavy atom. The van der Waals surface area contributed by atoms with Gasteiger partial charge in [-0.1, -0.05) is 0 Å². The fourth-order valence-corrected chi connectivity index (χ4v) is 1.77. The summed E-state index contributed by atoms with van der Waals surface area (Å²) in [6.45, 7) is 0. The van der Waals surface area contributed by atoms with Crippen molar-refractivity contribution in [1.29, 1.82) is 0 Å². The highest BCUT2D eigenvalue weighted by Crippen LogP contribution is 2.29. The third kappa shape index (κ3) is 2.03. The topological polar surface area (TPSA) is 43.1 Å². The lowest BCUT2D eigenvalue weighted by Gasteiger charge is -2.06. The van der Waals surface area contributed by atoms with Gasteiger partial charge in [-0.15, -0.1) is 0 Å². The van der Waals surface area contributed by atoms with E-state index in [1.54, 1.807) is 29.2 Å². The van der Waals surface area contributed by atoms with Crippen LogP contribution in [0.2, 0.25) is 0 Å². The molecule has 0 unspecified atom stereocenters. The standard InChI is InChI=1S/C12H7F3N4/c13-12(14,15)10-2-1-8(5-17-10)9-6-18-11-7-16-3-4-19(9)11/h1-7H. The molecule has 0 aliphatic rings. The van der Waals surface area contributed by atoms with E-state index in [4.69, 9.17) is 0 Å². The molecular formula is C12H7F3N4. The molecular weight excluding hydrogens is 257 g/mol. The molecule has 3 aromatic heterocycles. The summed E-state index contributed by atoms with van der Waals surface area (Å²) >= 11 is 0. The Morgan fingerprint density at radius 1 is 1.00 bits per heavy atom. The van der Waals surface area contributed by atoms with Crippen molar-refractivity contribution in [2.45, 2.75) is 6.18 Å². The van der Waals surface area contributed by atoms with Crippen molar-refractivity contribution in [3.63, 3.8) is 0 Å². The van der Waals surface area contributed by atoms with E-state index in [9.17, 15) is 13.2 Å². The molecule has 3 rings (SSSR count). The van der Waals surface area contributed by atoms with Gasteiger partial charge in [0.05, 0.1) is 18.1 Å². The molecule has 0 fully saturated rings. The fourth-order valence-electron chi connectivity index (χ4n) is 1.77. The van der Waals surface area contributed by atoms with Gasteiger partial charge in [-0.25, -0.2) is 4.98 Å². The summed E-state index contributed by atoms with van der Waals surface area (Å²) in [5.41, 5.74) is 0.939. The van der Waals surface area contributed by atoms with Crippen LogP contribution >= 0.6 is 0 Å². The lowest BCUT2D eigenvalue weighted by molar-refractivity contribution is -0.141. The minimum atomic E-state index is -4.43. The van der Waals surface area contributed by atoms with Gasteiger partial charge >= 0.3 is 6.18 Å². The molecule has 0 aliphatic carbocycles. The van der Waals surface area contributed by atoms with Crippen molar-refractivity contribution in [3.05, 3.63) is 48.8 Å². The van der Waals surface area contributed by atoms with Crippen LogP contribution < -0.4 is 0 Å². The second kappa shape index (κ2) is 4.04. The van der Waals surface area contributed by atoms with Crippen LogP contribution in [0.25, 0.3) is 16.9 Å². The number of fused-ring (bicyclic) bond motifs is 1. The maximum absolute atomic E-state index is 12.4. The van der Waals surface area contributed by atoms with Crippen molar-refractivity contribution in [1.82, 2.24) is 19.4 Å². The van der Waals surface area contributed by atoms with Crippen molar-refractivity contribution >= 4 is 5.65 Å². The van der Waals surface area contributed by atoms with E-state index in [1.807, 2.05) is 0 Å². The Hall–Kier alpha value is -2.44. The first-order chi connectivity index (χ1) is 9.05. The average molecular weight is 264 g/mol. The Kier molecular flexibility index (Phi) is 2.48. The van der Waals surface area contributed by atoms with E-state index >= 15 is 0 Å². The molecule has 0 N–H and O–H groups in total. The minimum Gasteiger partial charge on any atom is -0.297 e. The van der Waals surface area contributed by atoms with Crippen molar-refractivity contribution < 1.29 is 13.2 Å². The second-order valence-electron chi connectivity index (χ2n) is 3.88. The molecule has 3 aromatic rings. The summed E-state index contributed by atoms with van der Waals surface area (Å²) in [7, 11) is 0. The van der Waals surface area contributed by atoms with Gasteiger partial charge in [0.2, 0.25) is 0 Å². The highest BCUT2D eigenvalue weighted by molar-refractivity contribution is 5.62. The Morgan fingerprint density at radius 3 is 2.53 bits per heavy atom. The Labute approximate surface area is 105 Å². The van der Waals surface area contributed by atoms with Crippen LogP contribution in [0.3, 0.4) is 0 Å². The maximum atomic E-state index is 12.4. The molecule has 0 aromatic carbocycles. The zero-order valence-electron chi connectivity index (χ0n) is 9.46. The Bertz CT molecular complexity index is 716. The highest BCUT2D eigenvalue weighted by Gasteiger charge is 2.32. The van der Waals surface area contributed by atoms with Gasteiger partial charge in [0, 0.05) is 24.2 Å². The van der Waals surface area contributed by atoms with Crippen molar-refractivity contribution in [2.75, 3.05) is 0 Å². The minimum absolute atomic E-state index is 0.562. The van der Waals surface area contributed by atoms with Gasteiger partial charge in [-0.2, -0.15) is 13.2 Å². The number of alkyl halides is 3. The number of hydrogen-bond donors (Lipinski definition) is 0. The lowest BCUT2D eigenvalue weighted by Crippen LogP contribution is -2.07. The van der Waals surface area contributed by atoms with Crippen LogP contribution in [-0.4, -0.2) is 19.4 Å². The first-order valence-electron chi connectivity index (χ1n) is 5.36. The molecule has 0 atom stereocenters. The molecule has 96 valence electrons. The van der Waals surface area contributed by atoms with Gasteiger partial charge in [-0.3, -0.25) is 14.4 Å². The Balaban J connectivity index is 2.07. The number of hydrogen-bond acceptors (Lipinski definition) is 3. The van der Waals surface area contributed by atoms with Crippen LogP contribution in [0.5, 0.6) is 0 Å². The fraction of sp³-hybridized carbons (Fsp3) is 0.0833. The highest BCUT2D eigenvalue weighted by atomic mass is 19.4. The molecule has 0 aliphatic heterocycles. The monoisotopic (exact) mass is 264 g/mol.